The lowest BCUT2D eigenvalue weighted by atomic mass is 10.2. The maximum atomic E-state index is 11.2. The molecule has 0 bridgehead atoms. The van der Waals surface area contributed by atoms with Crippen molar-refractivity contribution in [3.8, 4) is 11.8 Å². The zero-order chi connectivity index (χ0) is 11.9. The standard InChI is InChI=1S/C11H19NO3/c1-11(2,3)15-10(13)6-5-9(12)7-8-14-4/h9H,7-8,12H2,1-4H3. The van der Waals surface area contributed by atoms with E-state index in [9.17, 15) is 4.79 Å². The lowest BCUT2D eigenvalue weighted by molar-refractivity contribution is -0.147. The molecule has 0 radical (unpaired) electrons. The minimum absolute atomic E-state index is 0.350. The van der Waals surface area contributed by atoms with Crippen molar-refractivity contribution in [2.45, 2.75) is 38.8 Å². The third kappa shape index (κ3) is 9.26. The van der Waals surface area contributed by atoms with Gasteiger partial charge < -0.3 is 15.2 Å². The molecule has 0 aromatic heterocycles. The van der Waals surface area contributed by atoms with E-state index in [1.807, 2.05) is 0 Å². The largest absolute Gasteiger partial charge is 0.450 e. The van der Waals surface area contributed by atoms with Crippen LogP contribution in [-0.4, -0.2) is 31.3 Å². The normalized spacial score (nSPS) is 12.6. The number of methoxy groups -OCH3 is 1. The van der Waals surface area contributed by atoms with Crippen LogP contribution in [-0.2, 0) is 14.3 Å². The summed E-state index contributed by atoms with van der Waals surface area (Å²) in [5.41, 5.74) is 5.10. The Labute approximate surface area is 91.1 Å². The zero-order valence-corrected chi connectivity index (χ0v) is 9.79. The van der Waals surface area contributed by atoms with E-state index in [2.05, 4.69) is 11.8 Å². The second kappa shape index (κ2) is 6.44. The SMILES string of the molecule is COCCC(N)C#CC(=O)OC(C)(C)C. The van der Waals surface area contributed by atoms with Gasteiger partial charge in [0.2, 0.25) is 0 Å². The molecule has 4 heteroatoms. The number of rotatable bonds is 3. The van der Waals surface area contributed by atoms with Crippen molar-refractivity contribution in [1.29, 1.82) is 0 Å². The second-order valence-corrected chi connectivity index (χ2v) is 4.16. The summed E-state index contributed by atoms with van der Waals surface area (Å²) < 4.78 is 9.83. The molecule has 0 aliphatic carbocycles. The van der Waals surface area contributed by atoms with Crippen LogP contribution in [0.4, 0.5) is 0 Å². The second-order valence-electron chi connectivity index (χ2n) is 4.16. The van der Waals surface area contributed by atoms with Crippen LogP contribution in [0.15, 0.2) is 0 Å². The van der Waals surface area contributed by atoms with Crippen LogP contribution in [0, 0.1) is 11.8 Å². The van der Waals surface area contributed by atoms with E-state index in [4.69, 9.17) is 15.2 Å². The maximum absolute atomic E-state index is 11.2. The lowest BCUT2D eigenvalue weighted by Crippen LogP contribution is -2.24. The van der Waals surface area contributed by atoms with Gasteiger partial charge in [-0.15, -0.1) is 0 Å². The number of carbonyl (C=O) groups is 1. The van der Waals surface area contributed by atoms with Crippen LogP contribution >= 0.6 is 0 Å². The van der Waals surface area contributed by atoms with Crippen molar-refractivity contribution in [2.75, 3.05) is 13.7 Å². The first-order valence-electron chi connectivity index (χ1n) is 4.84. The van der Waals surface area contributed by atoms with Crippen molar-refractivity contribution in [3.63, 3.8) is 0 Å². The Morgan fingerprint density at radius 1 is 1.47 bits per heavy atom. The van der Waals surface area contributed by atoms with Crippen molar-refractivity contribution in [1.82, 2.24) is 0 Å². The van der Waals surface area contributed by atoms with Gasteiger partial charge in [-0.25, -0.2) is 4.79 Å². The van der Waals surface area contributed by atoms with Crippen LogP contribution in [0.25, 0.3) is 0 Å². The summed E-state index contributed by atoms with van der Waals surface area (Å²) in [4.78, 5) is 11.2. The first-order valence-corrected chi connectivity index (χ1v) is 4.84. The Morgan fingerprint density at radius 2 is 2.07 bits per heavy atom. The molecule has 0 aliphatic rings. The van der Waals surface area contributed by atoms with Gasteiger partial charge in [-0.2, -0.15) is 0 Å². The zero-order valence-electron chi connectivity index (χ0n) is 9.79. The topological polar surface area (TPSA) is 61.5 Å². The van der Waals surface area contributed by atoms with E-state index in [1.54, 1.807) is 27.9 Å². The van der Waals surface area contributed by atoms with Crippen LogP contribution in [0.2, 0.25) is 0 Å². The number of carbonyl (C=O) groups excluding carboxylic acids is 1. The van der Waals surface area contributed by atoms with Gasteiger partial charge in [0.25, 0.3) is 0 Å². The van der Waals surface area contributed by atoms with Gasteiger partial charge in [-0.05, 0) is 27.2 Å². The fourth-order valence-corrected chi connectivity index (χ4v) is 0.772. The Morgan fingerprint density at radius 3 is 2.53 bits per heavy atom. The molecule has 4 nitrogen and oxygen atoms in total. The number of ether oxygens (including phenoxy) is 2. The highest BCUT2D eigenvalue weighted by Crippen LogP contribution is 2.06. The number of nitrogens with two attached hydrogens (primary N) is 1. The first kappa shape index (κ1) is 13.9. The summed E-state index contributed by atoms with van der Waals surface area (Å²) in [6, 6.07) is -0.350. The Bertz CT molecular complexity index is 257. The predicted molar refractivity (Wildman–Crippen MR) is 58.1 cm³/mol. The van der Waals surface area contributed by atoms with Gasteiger partial charge in [0, 0.05) is 19.6 Å². The fourth-order valence-electron chi connectivity index (χ4n) is 0.772. The van der Waals surface area contributed by atoms with Crippen molar-refractivity contribution < 1.29 is 14.3 Å². The molecule has 15 heavy (non-hydrogen) atoms. The Hall–Kier alpha value is -1.05. The molecule has 0 aromatic carbocycles. The van der Waals surface area contributed by atoms with Crippen LogP contribution in [0.3, 0.4) is 0 Å². The average molecular weight is 213 g/mol. The van der Waals surface area contributed by atoms with Gasteiger partial charge in [0.1, 0.15) is 5.60 Å². The lowest BCUT2D eigenvalue weighted by Gasteiger charge is -2.17. The van der Waals surface area contributed by atoms with Crippen molar-refractivity contribution >= 4 is 5.97 Å². The molecule has 0 heterocycles. The molecule has 0 rings (SSSR count). The molecular weight excluding hydrogens is 194 g/mol. The highest BCUT2D eigenvalue weighted by molar-refractivity contribution is 5.88. The van der Waals surface area contributed by atoms with Gasteiger partial charge in [-0.1, -0.05) is 5.92 Å². The molecule has 0 spiro atoms. The molecule has 2 N–H and O–H groups in total. The van der Waals surface area contributed by atoms with Crippen molar-refractivity contribution in [2.24, 2.45) is 5.73 Å². The Kier molecular flexibility index (Phi) is 5.99. The van der Waals surface area contributed by atoms with Gasteiger partial charge in [-0.3, -0.25) is 0 Å². The summed E-state index contributed by atoms with van der Waals surface area (Å²) >= 11 is 0. The van der Waals surface area contributed by atoms with E-state index in [0.717, 1.165) is 0 Å². The summed E-state index contributed by atoms with van der Waals surface area (Å²) in [7, 11) is 1.59. The van der Waals surface area contributed by atoms with Crippen LogP contribution < -0.4 is 5.73 Å². The number of hydrogen-bond acceptors (Lipinski definition) is 4. The summed E-state index contributed by atoms with van der Waals surface area (Å²) in [5, 5.41) is 0. The van der Waals surface area contributed by atoms with E-state index in [-0.39, 0.29) is 6.04 Å². The summed E-state index contributed by atoms with van der Waals surface area (Å²) in [6.07, 6.45) is 0.603. The predicted octanol–water partition coefficient (Wildman–Crippen LogP) is 0.695. The minimum Gasteiger partial charge on any atom is -0.450 e. The number of esters is 1. The molecule has 86 valence electrons. The summed E-state index contributed by atoms with van der Waals surface area (Å²) in [6.45, 7) is 5.90. The molecule has 0 amide bonds. The fraction of sp³-hybridized carbons (Fsp3) is 0.727. The van der Waals surface area contributed by atoms with Crippen molar-refractivity contribution in [3.05, 3.63) is 0 Å². The highest BCUT2D eigenvalue weighted by atomic mass is 16.6. The van der Waals surface area contributed by atoms with E-state index in [1.165, 1.54) is 0 Å². The quantitative estimate of drug-likeness (QED) is 0.426. The monoisotopic (exact) mass is 213 g/mol. The van der Waals surface area contributed by atoms with Gasteiger partial charge >= 0.3 is 5.97 Å². The average Bonchev–Trinajstić information content (AvgIpc) is 2.08. The molecule has 1 atom stereocenters. The molecule has 0 fully saturated rings. The van der Waals surface area contributed by atoms with E-state index in [0.29, 0.717) is 13.0 Å². The molecular formula is C11H19NO3. The maximum Gasteiger partial charge on any atom is 0.384 e. The van der Waals surface area contributed by atoms with E-state index < -0.39 is 11.6 Å². The molecule has 0 saturated heterocycles. The smallest absolute Gasteiger partial charge is 0.384 e. The van der Waals surface area contributed by atoms with Crippen LogP contribution in [0.5, 0.6) is 0 Å². The third-order valence-electron chi connectivity index (χ3n) is 1.39. The van der Waals surface area contributed by atoms with E-state index >= 15 is 0 Å². The van der Waals surface area contributed by atoms with Gasteiger partial charge in [0.05, 0.1) is 6.04 Å². The third-order valence-corrected chi connectivity index (χ3v) is 1.39. The molecule has 0 aliphatic heterocycles. The van der Waals surface area contributed by atoms with Gasteiger partial charge in [0.15, 0.2) is 0 Å². The molecule has 0 aromatic rings. The minimum atomic E-state index is -0.546. The van der Waals surface area contributed by atoms with Crippen LogP contribution in [0.1, 0.15) is 27.2 Å². The first-order chi connectivity index (χ1) is 6.85. The molecule has 1 unspecified atom stereocenters. The molecule has 0 saturated carbocycles. The number of hydrogen-bond donors (Lipinski definition) is 1. The summed E-state index contributed by atoms with van der Waals surface area (Å²) in [5.74, 6) is 4.42. The highest BCUT2D eigenvalue weighted by Gasteiger charge is 2.14. The Balaban J connectivity index is 4.00.